The molecule has 0 spiro atoms. The Labute approximate surface area is 211 Å². The summed E-state index contributed by atoms with van der Waals surface area (Å²) in [4.78, 5) is 38.0. The number of aromatic nitrogens is 2. The molecule has 5 aromatic rings. The molecule has 182 valence electrons. The molecule has 0 saturated carbocycles. The summed E-state index contributed by atoms with van der Waals surface area (Å²) in [5, 5.41) is 25.8. The molecule has 0 bridgehead atoms. The second-order valence-electron chi connectivity index (χ2n) is 8.56. The number of rotatable bonds is 5. The maximum absolute atomic E-state index is 13.2. The minimum absolute atomic E-state index is 0.0751. The quantitative estimate of drug-likeness (QED) is 0.327. The molecule has 37 heavy (non-hydrogen) atoms. The van der Waals surface area contributed by atoms with Gasteiger partial charge in [-0.15, -0.1) is 0 Å². The average molecular weight is 492 g/mol. The molecule has 2 heterocycles. The molecule has 9 nitrogen and oxygen atoms in total. The van der Waals surface area contributed by atoms with Crippen molar-refractivity contribution in [3.8, 4) is 6.07 Å². The monoisotopic (exact) mass is 491 g/mol. The smallest absolute Gasteiger partial charge is 0.337 e. The van der Waals surface area contributed by atoms with Gasteiger partial charge in [0.25, 0.3) is 11.8 Å². The maximum Gasteiger partial charge on any atom is 0.337 e. The molecule has 2 aromatic heterocycles. The summed E-state index contributed by atoms with van der Waals surface area (Å²) in [7, 11) is 3.53. The molecule has 0 fully saturated rings. The zero-order valence-corrected chi connectivity index (χ0v) is 19.9. The number of carbonyl (C=O) groups excluding carboxylic acids is 2. The molecule has 0 unspecified atom stereocenters. The molecule has 0 aliphatic carbocycles. The lowest BCUT2D eigenvalue weighted by atomic mass is 10.1. The van der Waals surface area contributed by atoms with E-state index in [0.717, 1.165) is 16.3 Å². The Balaban J connectivity index is 1.48. The number of carbonyl (C=O) groups is 3. The van der Waals surface area contributed by atoms with Crippen LogP contribution >= 0.6 is 0 Å². The summed E-state index contributed by atoms with van der Waals surface area (Å²) in [5.41, 5.74) is 2.92. The Morgan fingerprint density at radius 2 is 1.43 bits per heavy atom. The normalized spacial score (nSPS) is 10.8. The highest BCUT2D eigenvalue weighted by molar-refractivity contribution is 6.13. The molecule has 0 radical (unpaired) electrons. The number of carboxylic acid groups (broad SMARTS) is 1. The van der Waals surface area contributed by atoms with Crippen LogP contribution in [0.1, 0.15) is 36.9 Å². The maximum atomic E-state index is 13.2. The first-order valence-corrected chi connectivity index (χ1v) is 11.3. The van der Waals surface area contributed by atoms with Crippen molar-refractivity contribution < 1.29 is 19.5 Å². The van der Waals surface area contributed by atoms with Crippen molar-refractivity contribution in [3.63, 3.8) is 0 Å². The Kier molecular flexibility index (Phi) is 5.70. The van der Waals surface area contributed by atoms with Gasteiger partial charge in [0, 0.05) is 30.4 Å². The van der Waals surface area contributed by atoms with Crippen LogP contribution in [0.4, 0.5) is 11.4 Å². The van der Waals surface area contributed by atoms with Crippen molar-refractivity contribution in [2.75, 3.05) is 10.6 Å². The van der Waals surface area contributed by atoms with Gasteiger partial charge in [-0.05, 0) is 42.5 Å². The minimum atomic E-state index is -1.26. The van der Waals surface area contributed by atoms with Crippen LogP contribution in [-0.4, -0.2) is 32.0 Å². The first-order chi connectivity index (χ1) is 17.8. The van der Waals surface area contributed by atoms with E-state index in [0.29, 0.717) is 16.9 Å². The number of nitriles is 1. The largest absolute Gasteiger partial charge is 0.478 e. The van der Waals surface area contributed by atoms with E-state index in [1.807, 2.05) is 54.1 Å². The van der Waals surface area contributed by atoms with E-state index in [1.54, 1.807) is 29.8 Å². The molecule has 0 aliphatic rings. The zero-order chi connectivity index (χ0) is 26.3. The van der Waals surface area contributed by atoms with E-state index in [1.165, 1.54) is 18.2 Å². The number of aryl methyl sites for hydroxylation is 2. The first-order valence-electron chi connectivity index (χ1n) is 11.3. The Morgan fingerprint density at radius 1 is 0.784 bits per heavy atom. The Hall–Kier alpha value is -5.36. The van der Waals surface area contributed by atoms with Gasteiger partial charge in [0.2, 0.25) is 0 Å². The highest BCUT2D eigenvalue weighted by Gasteiger charge is 2.20. The van der Waals surface area contributed by atoms with E-state index in [-0.39, 0.29) is 28.4 Å². The van der Waals surface area contributed by atoms with Gasteiger partial charge < -0.3 is 24.9 Å². The summed E-state index contributed by atoms with van der Waals surface area (Å²) in [6.07, 6.45) is 0. The third-order valence-electron chi connectivity index (χ3n) is 6.35. The van der Waals surface area contributed by atoms with Crippen LogP contribution in [0.2, 0.25) is 0 Å². The van der Waals surface area contributed by atoms with Crippen LogP contribution in [0.15, 0.2) is 72.8 Å². The van der Waals surface area contributed by atoms with Crippen molar-refractivity contribution in [2.24, 2.45) is 14.1 Å². The fraction of sp³-hybridized carbons (Fsp3) is 0.0714. The summed E-state index contributed by atoms with van der Waals surface area (Å²) < 4.78 is 3.47. The predicted octanol–water partition coefficient (Wildman–Crippen LogP) is 4.74. The lowest BCUT2D eigenvalue weighted by Gasteiger charge is -2.12. The van der Waals surface area contributed by atoms with E-state index in [9.17, 15) is 19.5 Å². The number of hydrogen-bond donors (Lipinski definition) is 3. The zero-order valence-electron chi connectivity index (χ0n) is 19.9. The van der Waals surface area contributed by atoms with Crippen LogP contribution in [0.5, 0.6) is 0 Å². The van der Waals surface area contributed by atoms with Crippen LogP contribution in [0.25, 0.3) is 21.8 Å². The fourth-order valence-electron chi connectivity index (χ4n) is 4.51. The lowest BCUT2D eigenvalue weighted by Crippen LogP contribution is -2.18. The van der Waals surface area contributed by atoms with Gasteiger partial charge >= 0.3 is 5.97 Å². The predicted molar refractivity (Wildman–Crippen MR) is 140 cm³/mol. The molecule has 3 N–H and O–H groups in total. The number of carboxylic acids is 1. The highest BCUT2D eigenvalue weighted by atomic mass is 16.4. The first kappa shape index (κ1) is 23.4. The molecular formula is C28H21N5O4. The van der Waals surface area contributed by atoms with Crippen molar-refractivity contribution in [1.29, 1.82) is 5.26 Å². The molecule has 0 aliphatic heterocycles. The number of para-hydroxylation sites is 2. The molecular weight excluding hydrogens is 470 g/mol. The van der Waals surface area contributed by atoms with Crippen molar-refractivity contribution in [1.82, 2.24) is 9.13 Å². The highest BCUT2D eigenvalue weighted by Crippen LogP contribution is 2.28. The third-order valence-corrected chi connectivity index (χ3v) is 6.35. The van der Waals surface area contributed by atoms with E-state index in [2.05, 4.69) is 10.6 Å². The molecule has 5 rings (SSSR count). The van der Waals surface area contributed by atoms with Crippen LogP contribution in [-0.2, 0) is 14.1 Å². The molecule has 3 aromatic carbocycles. The van der Waals surface area contributed by atoms with E-state index < -0.39 is 11.9 Å². The second kappa shape index (κ2) is 9.02. The molecule has 2 amide bonds. The molecule has 0 atom stereocenters. The SMILES string of the molecule is Cn1c(C(=O)Nc2cccc3cc(C(=O)Nc4ccc(C#N)cc4C(=O)O)n(C)c23)cc2ccccc21. The number of aromatic carboxylic acids is 1. The van der Waals surface area contributed by atoms with Gasteiger partial charge in [-0.1, -0.05) is 30.3 Å². The number of anilines is 2. The van der Waals surface area contributed by atoms with Gasteiger partial charge in [-0.2, -0.15) is 5.26 Å². The van der Waals surface area contributed by atoms with Gasteiger partial charge in [0.1, 0.15) is 11.4 Å². The Bertz CT molecular complexity index is 1790. The lowest BCUT2D eigenvalue weighted by molar-refractivity contribution is 0.0697. The third kappa shape index (κ3) is 4.06. The van der Waals surface area contributed by atoms with Crippen molar-refractivity contribution in [3.05, 3.63) is 95.3 Å². The molecule has 9 heteroatoms. The summed E-state index contributed by atoms with van der Waals surface area (Å²) >= 11 is 0. The van der Waals surface area contributed by atoms with Crippen molar-refractivity contribution >= 4 is 51.0 Å². The average Bonchev–Trinajstić information content (AvgIpc) is 3.42. The summed E-state index contributed by atoms with van der Waals surface area (Å²) in [6, 6.07) is 22.5. The topological polar surface area (TPSA) is 129 Å². The van der Waals surface area contributed by atoms with Crippen LogP contribution in [0.3, 0.4) is 0 Å². The van der Waals surface area contributed by atoms with Crippen molar-refractivity contribution in [2.45, 2.75) is 0 Å². The number of fused-ring (bicyclic) bond motifs is 2. The van der Waals surface area contributed by atoms with E-state index >= 15 is 0 Å². The molecule has 0 saturated heterocycles. The van der Waals surface area contributed by atoms with Gasteiger partial charge in [-0.25, -0.2) is 4.79 Å². The fourth-order valence-corrected chi connectivity index (χ4v) is 4.51. The van der Waals surface area contributed by atoms with Gasteiger partial charge in [-0.3, -0.25) is 9.59 Å². The summed E-state index contributed by atoms with van der Waals surface area (Å²) in [6.45, 7) is 0. The number of hydrogen-bond acceptors (Lipinski definition) is 4. The van der Waals surface area contributed by atoms with Gasteiger partial charge in [0.15, 0.2) is 0 Å². The standard InChI is InChI=1S/C28H21N5O4/c1-32-22-9-4-3-6-17(22)13-23(32)26(34)31-21-8-5-7-18-14-24(33(2)25(18)21)27(35)30-20-11-10-16(15-29)12-19(20)28(36)37/h3-14H,1-2H3,(H,30,35)(H,31,34)(H,36,37). The number of benzene rings is 3. The van der Waals surface area contributed by atoms with E-state index in [4.69, 9.17) is 5.26 Å². The van der Waals surface area contributed by atoms with Gasteiger partial charge in [0.05, 0.1) is 34.1 Å². The van der Waals surface area contributed by atoms with Crippen LogP contribution < -0.4 is 10.6 Å². The number of amides is 2. The Morgan fingerprint density at radius 3 is 2.14 bits per heavy atom. The summed E-state index contributed by atoms with van der Waals surface area (Å²) in [5.74, 6) is -2.08. The second-order valence-corrected chi connectivity index (χ2v) is 8.56. The number of nitrogens with zero attached hydrogens (tertiary/aromatic N) is 3. The minimum Gasteiger partial charge on any atom is -0.478 e. The van der Waals surface area contributed by atoms with Crippen LogP contribution in [0, 0.1) is 11.3 Å². The number of nitrogens with one attached hydrogen (secondary N) is 2.